The normalized spacial score (nSPS) is 44.1. The first-order valence-corrected chi connectivity index (χ1v) is 7.67. The Balaban J connectivity index is 1.94. The maximum atomic E-state index is 12.0. The number of nitrogens with zero attached hydrogens (tertiary/aromatic N) is 3. The number of hydrogen-bond acceptors (Lipinski definition) is 11. The van der Waals surface area contributed by atoms with E-state index >= 15 is 0 Å². The van der Waals surface area contributed by atoms with Gasteiger partial charge in [0.05, 0.1) is 12.9 Å². The third-order valence-corrected chi connectivity index (χ3v) is 4.50. The van der Waals surface area contributed by atoms with Crippen LogP contribution in [0.3, 0.4) is 0 Å². The zero-order valence-corrected chi connectivity index (χ0v) is 13.3. The van der Waals surface area contributed by atoms with Crippen molar-refractivity contribution in [1.82, 2.24) is 10.2 Å². The Kier molecular flexibility index (Phi) is 4.90. The number of hydrogen-bond donors (Lipinski definition) is 6. The monoisotopic (exact) mass is 359 g/mol. The second-order valence-electron chi connectivity index (χ2n) is 5.99. The number of methoxy groups -OCH3 is 1. The lowest BCUT2D eigenvalue weighted by molar-refractivity contribution is -0.174. The highest BCUT2D eigenvalue weighted by molar-refractivity contribution is 6.02. The molecule has 3 aliphatic rings. The molecule has 140 valence electrons. The summed E-state index contributed by atoms with van der Waals surface area (Å²) >= 11 is 0. The van der Waals surface area contributed by atoms with E-state index in [1.54, 1.807) is 0 Å². The second kappa shape index (κ2) is 6.82. The summed E-state index contributed by atoms with van der Waals surface area (Å²) in [7, 11) is 1.29. The maximum Gasteiger partial charge on any atom is 0.255 e. The average Bonchev–Trinajstić information content (AvgIpc) is 2.97. The molecular weight excluding hydrogens is 338 g/mol. The van der Waals surface area contributed by atoms with Crippen LogP contribution in [0.25, 0.3) is 0 Å². The van der Waals surface area contributed by atoms with Gasteiger partial charge in [0, 0.05) is 7.11 Å². The van der Waals surface area contributed by atoms with Gasteiger partial charge < -0.3 is 40.5 Å². The van der Waals surface area contributed by atoms with Gasteiger partial charge in [-0.05, 0) is 0 Å². The zero-order valence-electron chi connectivity index (χ0n) is 13.3. The molecule has 0 aromatic rings. The minimum atomic E-state index is -1.61. The van der Waals surface area contributed by atoms with Crippen molar-refractivity contribution in [2.45, 2.75) is 49.0 Å². The number of rotatable bonds is 3. The topological polar surface area (TPSA) is 182 Å². The first-order chi connectivity index (χ1) is 11.9. The molecule has 25 heavy (non-hydrogen) atoms. The van der Waals surface area contributed by atoms with E-state index in [1.165, 1.54) is 18.3 Å². The van der Waals surface area contributed by atoms with Crippen LogP contribution in [0, 0.1) is 0 Å². The van der Waals surface area contributed by atoms with Crippen molar-refractivity contribution in [1.29, 1.82) is 0 Å². The van der Waals surface area contributed by atoms with Gasteiger partial charge >= 0.3 is 0 Å². The lowest BCUT2D eigenvalue weighted by Gasteiger charge is -2.38. The number of carbonyl (C=O) groups excluding carboxylic acids is 1. The fourth-order valence-corrected chi connectivity index (χ4v) is 3.16. The molecule has 0 bridgehead atoms. The lowest BCUT2D eigenvalue weighted by Crippen LogP contribution is -2.59. The van der Waals surface area contributed by atoms with Crippen LogP contribution in [0.2, 0.25) is 0 Å². The Morgan fingerprint density at radius 1 is 1.36 bits per heavy atom. The molecule has 0 spiro atoms. The Hall–Kier alpha value is -1.83. The fourth-order valence-electron chi connectivity index (χ4n) is 3.16. The Bertz CT molecular complexity index is 587. The highest BCUT2D eigenvalue weighted by atomic mass is 16.6. The molecule has 1 fully saturated rings. The molecule has 12 heteroatoms. The summed E-state index contributed by atoms with van der Waals surface area (Å²) in [6, 6.07) is -0.865. The van der Waals surface area contributed by atoms with Gasteiger partial charge in [-0.15, -0.1) is 0 Å². The molecule has 0 saturated carbocycles. The van der Waals surface area contributed by atoms with E-state index in [1.807, 2.05) is 0 Å². The number of nitrogens with one attached hydrogen (secondary N) is 1. The Labute approximate surface area is 142 Å². The molecule has 12 nitrogen and oxygen atoms in total. The van der Waals surface area contributed by atoms with Crippen molar-refractivity contribution in [2.24, 2.45) is 15.7 Å². The van der Waals surface area contributed by atoms with Crippen LogP contribution in [-0.4, -0.2) is 106 Å². The third-order valence-electron chi connectivity index (χ3n) is 4.50. The van der Waals surface area contributed by atoms with Gasteiger partial charge in [-0.25, -0.2) is 4.99 Å². The number of aliphatic imine (C=N–C) groups is 2. The fraction of sp³-hybridized carbons (Fsp3) is 0.769. The van der Waals surface area contributed by atoms with Crippen molar-refractivity contribution in [2.75, 3.05) is 13.7 Å². The number of nitrogens with two attached hydrogens (primary N) is 1. The summed E-state index contributed by atoms with van der Waals surface area (Å²) < 4.78 is 10.9. The van der Waals surface area contributed by atoms with E-state index in [0.29, 0.717) is 0 Å². The van der Waals surface area contributed by atoms with Gasteiger partial charge in [0.25, 0.3) is 5.91 Å². The lowest BCUT2D eigenvalue weighted by atomic mass is 10.0. The van der Waals surface area contributed by atoms with Crippen LogP contribution < -0.4 is 11.1 Å². The van der Waals surface area contributed by atoms with E-state index in [4.69, 9.17) is 15.2 Å². The summed E-state index contributed by atoms with van der Waals surface area (Å²) in [5.74, 6) is -0.540. The van der Waals surface area contributed by atoms with E-state index < -0.39 is 61.5 Å². The summed E-state index contributed by atoms with van der Waals surface area (Å²) in [5.41, 5.74) is 5.59. The predicted molar refractivity (Wildman–Crippen MR) is 82.2 cm³/mol. The van der Waals surface area contributed by atoms with Crippen LogP contribution in [0.4, 0.5) is 0 Å². The summed E-state index contributed by atoms with van der Waals surface area (Å²) in [6.45, 7) is -0.608. The van der Waals surface area contributed by atoms with Crippen molar-refractivity contribution in [3.05, 3.63) is 0 Å². The van der Waals surface area contributed by atoms with Crippen LogP contribution >= 0.6 is 0 Å². The number of fused-ring (bicyclic) bond motifs is 1. The van der Waals surface area contributed by atoms with Crippen LogP contribution in [0.5, 0.6) is 0 Å². The first-order valence-electron chi connectivity index (χ1n) is 7.67. The van der Waals surface area contributed by atoms with Gasteiger partial charge in [0.1, 0.15) is 30.5 Å². The molecule has 2 unspecified atom stereocenters. The molecule has 7 N–H and O–H groups in total. The van der Waals surface area contributed by atoms with Crippen molar-refractivity contribution in [3.63, 3.8) is 0 Å². The molecule has 0 aromatic heterocycles. The number of aliphatic hydroxyl groups excluding tert-OH is 4. The van der Waals surface area contributed by atoms with E-state index in [-0.39, 0.29) is 5.96 Å². The molecule has 3 heterocycles. The summed E-state index contributed by atoms with van der Waals surface area (Å²) in [4.78, 5) is 21.6. The quantitative estimate of drug-likeness (QED) is 0.288. The maximum absolute atomic E-state index is 12.0. The summed E-state index contributed by atoms with van der Waals surface area (Å²) in [5, 5.41) is 42.3. The van der Waals surface area contributed by atoms with E-state index in [0.717, 1.165) is 0 Å². The Morgan fingerprint density at radius 3 is 2.72 bits per heavy atom. The van der Waals surface area contributed by atoms with E-state index in [2.05, 4.69) is 15.3 Å². The molecule has 8 atom stereocenters. The molecule has 3 rings (SSSR count). The molecule has 3 aliphatic heterocycles. The molecule has 0 aromatic carbocycles. The van der Waals surface area contributed by atoms with Crippen LogP contribution in [-0.2, 0) is 14.3 Å². The summed E-state index contributed by atoms with van der Waals surface area (Å²) in [6.07, 6.45) is -7.60. The number of amides is 1. The zero-order chi connectivity index (χ0) is 18.3. The standard InChI is InChI=1S/C13H21N5O7/c1-24-9-8(22)7(21)6(20)4(2-19)25-12(9)18-3-15-5-10(18)16-13(14)17-11(5)23/h3-10,12,19-22H,2H2,1H3,(H3,14,16,17,23)/t4-,5?,6-,7-,8-,9-,10?,12-/m1/s1. The number of carbonyl (C=O) groups is 1. The second-order valence-corrected chi connectivity index (χ2v) is 5.99. The van der Waals surface area contributed by atoms with Crippen molar-refractivity contribution in [3.8, 4) is 0 Å². The smallest absolute Gasteiger partial charge is 0.255 e. The first kappa shape index (κ1) is 18.0. The molecule has 1 amide bonds. The van der Waals surface area contributed by atoms with Gasteiger partial charge in [0.15, 0.2) is 24.4 Å². The van der Waals surface area contributed by atoms with Gasteiger partial charge in [0.2, 0.25) is 0 Å². The van der Waals surface area contributed by atoms with Crippen molar-refractivity contribution >= 4 is 18.2 Å². The highest BCUT2D eigenvalue weighted by Gasteiger charge is 2.51. The third kappa shape index (κ3) is 2.96. The highest BCUT2D eigenvalue weighted by Crippen LogP contribution is 2.29. The Morgan fingerprint density at radius 2 is 2.08 bits per heavy atom. The van der Waals surface area contributed by atoms with E-state index in [9.17, 15) is 25.2 Å². The predicted octanol–water partition coefficient (Wildman–Crippen LogP) is -4.72. The number of guanidine groups is 1. The van der Waals surface area contributed by atoms with Crippen molar-refractivity contribution < 1.29 is 34.7 Å². The minimum Gasteiger partial charge on any atom is -0.394 e. The largest absolute Gasteiger partial charge is 0.394 e. The van der Waals surface area contributed by atoms with Crippen LogP contribution in [0.15, 0.2) is 9.98 Å². The number of ether oxygens (including phenoxy) is 2. The van der Waals surface area contributed by atoms with Gasteiger partial charge in [-0.3, -0.25) is 15.1 Å². The molecule has 1 saturated heterocycles. The molecular formula is C13H21N5O7. The molecule has 0 aliphatic carbocycles. The van der Waals surface area contributed by atoms with Crippen LogP contribution in [0.1, 0.15) is 0 Å². The minimum absolute atomic E-state index is 0.0938. The van der Waals surface area contributed by atoms with Gasteiger partial charge in [-0.2, -0.15) is 0 Å². The number of aliphatic hydroxyl groups is 4. The molecule has 0 radical (unpaired) electrons. The average molecular weight is 359 g/mol. The van der Waals surface area contributed by atoms with Gasteiger partial charge in [-0.1, -0.05) is 0 Å². The SMILES string of the molecule is CO[C@@H]1[C@H](O)[C@H](O)[C@H](O)[C@@H](CO)O[C@H]1N1C=NC2C(=O)NC(N)=NC21.